The molecule has 7 heterocycles. The van der Waals surface area contributed by atoms with E-state index in [1.807, 2.05) is 24.3 Å². The van der Waals surface area contributed by atoms with Crippen LogP contribution in [0.5, 0.6) is 11.5 Å². The normalized spacial score (nSPS) is 11.1. The number of nitrogens with zero attached hydrogens (tertiary/aromatic N) is 10. The van der Waals surface area contributed by atoms with E-state index in [0.717, 1.165) is 54.5 Å². The summed E-state index contributed by atoms with van der Waals surface area (Å²) in [6.07, 6.45) is 3.60. The minimum absolute atomic E-state index is 0. The molecule has 0 saturated carbocycles. The summed E-state index contributed by atoms with van der Waals surface area (Å²) in [6, 6.07) is 23.3. The van der Waals surface area contributed by atoms with Crippen molar-refractivity contribution >= 4 is 24.3 Å². The Morgan fingerprint density at radius 2 is 1.14 bits per heavy atom. The fourth-order valence-electron chi connectivity index (χ4n) is 6.83. The summed E-state index contributed by atoms with van der Waals surface area (Å²) in [5, 5.41) is 13.2. The summed E-state index contributed by atoms with van der Waals surface area (Å²) in [7, 11) is 0. The summed E-state index contributed by atoms with van der Waals surface area (Å²) < 4.78 is 87.9. The van der Waals surface area contributed by atoms with E-state index in [1.165, 1.54) is 42.4 Å². The molecule has 0 aliphatic heterocycles. The Morgan fingerprint density at radius 3 is 1.73 bits per heavy atom. The molecule has 0 radical (unpaired) electrons. The first-order valence-electron chi connectivity index (χ1n) is 22.5. The molecule has 376 valence electrons. The van der Waals surface area contributed by atoms with Crippen molar-refractivity contribution < 1.29 is 64.9 Å². The fraction of sp³-hybridized carbons (Fsp3) is 0.255. The molecule has 0 aliphatic rings. The van der Waals surface area contributed by atoms with E-state index in [0.29, 0.717) is 58.5 Å². The smallest absolute Gasteiger partial charge is 0.572 e. The van der Waals surface area contributed by atoms with Gasteiger partial charge in [0.25, 0.3) is 12.9 Å². The molecule has 73 heavy (non-hydrogen) atoms. The molecule has 0 N–H and O–H groups in total. The third-order valence-corrected chi connectivity index (χ3v) is 11.6. The monoisotopic (exact) mass is 1110 g/mol. The summed E-state index contributed by atoms with van der Waals surface area (Å²) in [5.41, 5.74) is 1.88. The van der Waals surface area contributed by atoms with Crippen LogP contribution in [0.25, 0.3) is 56.5 Å². The molecule has 8 aromatic rings. The predicted molar refractivity (Wildman–Crippen MR) is 254 cm³/mol. The molecule has 0 bridgehead atoms. The number of hydrogen-bond acceptors (Lipinski definition) is 13. The van der Waals surface area contributed by atoms with Crippen molar-refractivity contribution in [2.45, 2.75) is 84.0 Å². The third-order valence-electron chi connectivity index (χ3n) is 10.5. The van der Waals surface area contributed by atoms with Gasteiger partial charge in [0.2, 0.25) is 0 Å². The number of carbonyl (C=O) groups excluding carboxylic acids is 2. The van der Waals surface area contributed by atoms with Crippen LogP contribution in [0.4, 0.5) is 26.3 Å². The van der Waals surface area contributed by atoms with Gasteiger partial charge in [-0.2, -0.15) is 26.3 Å². The van der Waals surface area contributed by atoms with Crippen molar-refractivity contribution in [2.75, 3.05) is 0 Å². The second-order valence-corrected chi connectivity index (χ2v) is 17.0. The molecule has 0 saturated heterocycles. The molecular formula is C51H42F6N10O4RuS. The average Bonchev–Trinajstić information content (AvgIpc) is 4.19. The van der Waals surface area contributed by atoms with Gasteiger partial charge in [0, 0.05) is 46.6 Å². The predicted octanol–water partition coefficient (Wildman–Crippen LogP) is 11.2. The molecule has 14 nitrogen and oxygen atoms in total. The number of halogens is 6. The second-order valence-electron chi connectivity index (χ2n) is 15.8. The van der Waals surface area contributed by atoms with Crippen LogP contribution in [0.1, 0.15) is 91.7 Å². The number of alkyl halides is 6. The van der Waals surface area contributed by atoms with Crippen molar-refractivity contribution in [3.63, 3.8) is 0 Å². The maximum atomic E-state index is 13.0. The zero-order valence-corrected chi connectivity index (χ0v) is 41.4. The number of benzene rings is 1. The number of hydrogen-bond donors (Lipinski definition) is 0. The summed E-state index contributed by atoms with van der Waals surface area (Å²) in [4.78, 5) is 49.1. The number of rotatable bonds is 18. The zero-order valence-electron chi connectivity index (χ0n) is 38.9. The van der Waals surface area contributed by atoms with Crippen LogP contribution in [-0.2, 0) is 54.3 Å². The average molecular weight is 1110 g/mol. The minimum atomic E-state index is -4.73. The number of aryl methyl sites for hydroxylation is 2. The maximum Gasteiger partial charge on any atom is 2.00 e. The van der Waals surface area contributed by atoms with Crippen LogP contribution in [0, 0.1) is 11.8 Å². The van der Waals surface area contributed by atoms with E-state index in [4.69, 9.17) is 9.47 Å². The van der Waals surface area contributed by atoms with Gasteiger partial charge < -0.3 is 29.9 Å². The fourth-order valence-corrected chi connectivity index (χ4v) is 7.81. The van der Waals surface area contributed by atoms with Crippen LogP contribution >= 0.6 is 11.3 Å². The number of ether oxygens (including phenoxy) is 2. The topological polar surface area (TPSA) is 184 Å². The van der Waals surface area contributed by atoms with E-state index < -0.39 is 23.7 Å². The molecule has 0 aliphatic carbocycles. The molecular weight excluding hydrogens is 1060 g/mol. The molecule has 22 heteroatoms. The molecule has 7 aromatic heterocycles. The van der Waals surface area contributed by atoms with Gasteiger partial charge in [0.1, 0.15) is 34.5 Å². The number of pyridine rings is 3. The Bertz CT molecular complexity index is 3080. The first kappa shape index (κ1) is 54.8. The molecule has 0 amide bonds. The Morgan fingerprint density at radius 1 is 0.575 bits per heavy atom. The van der Waals surface area contributed by atoms with Crippen LogP contribution in [0.2, 0.25) is 0 Å². The van der Waals surface area contributed by atoms with E-state index in [2.05, 4.69) is 88.1 Å². The molecule has 0 spiro atoms. The van der Waals surface area contributed by atoms with Crippen molar-refractivity contribution in [3.8, 4) is 79.9 Å². The van der Waals surface area contributed by atoms with Crippen LogP contribution in [0.15, 0.2) is 97.3 Å². The Balaban J connectivity index is 0.000000235. The number of thiophene rings is 1. The van der Waals surface area contributed by atoms with Crippen LogP contribution in [0.3, 0.4) is 0 Å². The van der Waals surface area contributed by atoms with E-state index in [1.54, 1.807) is 42.6 Å². The summed E-state index contributed by atoms with van der Waals surface area (Å²) in [6.45, 7) is 5.00. The van der Waals surface area contributed by atoms with Gasteiger partial charge in [-0.25, -0.2) is 19.9 Å². The first-order valence-corrected chi connectivity index (χ1v) is 23.3. The van der Waals surface area contributed by atoms with Crippen molar-refractivity contribution in [2.24, 2.45) is 0 Å². The van der Waals surface area contributed by atoms with E-state index >= 15 is 0 Å². The SMILES string of the molecule is CCCCCCc1ccc(-c2nc(-c3cc(C(F)(F)F)n[n-]3)nc(-c3cc(C(F)(F)F)n[n-]3)n2)s1.CCCCCc1ccc(C#Cc2ccc(-c3cc(OC=O)cc(-c4cc(OC=O)ccn4)n3)nc2)cc1.[Ru+2]. The minimum Gasteiger partial charge on any atom is -0.572 e. The Hall–Kier alpha value is -7.50. The Kier molecular flexibility index (Phi) is 19.3. The molecule has 0 unspecified atom stereocenters. The first-order chi connectivity index (χ1) is 34.7. The van der Waals surface area contributed by atoms with Gasteiger partial charge in [-0.3, -0.25) is 19.6 Å². The van der Waals surface area contributed by atoms with E-state index in [9.17, 15) is 35.9 Å². The van der Waals surface area contributed by atoms with Crippen LogP contribution < -0.4 is 19.7 Å². The molecule has 0 fully saturated rings. The zero-order chi connectivity index (χ0) is 51.1. The molecule has 1 aromatic carbocycles. The summed E-state index contributed by atoms with van der Waals surface area (Å²) in [5.74, 6) is 6.44. The van der Waals surface area contributed by atoms with Crippen molar-refractivity contribution in [1.29, 1.82) is 0 Å². The van der Waals surface area contributed by atoms with Gasteiger partial charge in [0.15, 0.2) is 5.82 Å². The molecule has 0 atom stereocenters. The molecule has 8 rings (SSSR count). The number of unbranched alkanes of at least 4 members (excludes halogenated alkanes) is 5. The van der Waals surface area contributed by atoms with Gasteiger partial charge >= 0.3 is 31.8 Å². The van der Waals surface area contributed by atoms with Gasteiger partial charge in [-0.15, -0.1) is 11.3 Å². The third kappa shape index (κ3) is 15.5. The quantitative estimate of drug-likeness (QED) is 0.0260. The standard InChI is InChI=1S/C30H25N3O4.C21H17F6N7S.Ru/c1-2-3-4-5-22-6-8-23(9-7-22)10-11-24-12-13-27(32-19-24)29-17-26(37-21-35)18-30(33-29)28-16-25(36-20-34)14-15-31-28;1-2-3-4-5-6-11-7-8-14(35-11)19-29-17(12-9-15(33-31-12)20(22,23)24)28-18(30-19)13-10-16(34-32-13)21(25,26)27;/h6-9,12-21H,2-5H2,1H3;7-10H,2-6H2,1H3;/q;-2;+2. The van der Waals surface area contributed by atoms with Crippen molar-refractivity contribution in [3.05, 3.63) is 130 Å². The number of aromatic nitrogens is 10. The second kappa shape index (κ2) is 25.8. The van der Waals surface area contributed by atoms with Gasteiger partial charge in [-0.1, -0.05) is 81.3 Å². The van der Waals surface area contributed by atoms with Gasteiger partial charge in [-0.05, 0) is 85.8 Å². The van der Waals surface area contributed by atoms with Crippen molar-refractivity contribution in [1.82, 2.24) is 50.3 Å². The van der Waals surface area contributed by atoms with Gasteiger partial charge in [0.05, 0.1) is 27.7 Å². The largest absolute Gasteiger partial charge is 2.00 e. The van der Waals surface area contributed by atoms with E-state index in [-0.39, 0.29) is 54.1 Å². The Labute approximate surface area is 431 Å². The maximum absolute atomic E-state index is 13.0. The number of carbonyl (C=O) groups is 2. The summed E-state index contributed by atoms with van der Waals surface area (Å²) >= 11 is 1.39. The van der Waals surface area contributed by atoms with Crippen LogP contribution in [-0.4, -0.2) is 53.0 Å².